The van der Waals surface area contributed by atoms with Crippen molar-refractivity contribution in [1.82, 2.24) is 4.98 Å². The highest BCUT2D eigenvalue weighted by atomic mass is 32.1. The molecule has 5 nitrogen and oxygen atoms in total. The van der Waals surface area contributed by atoms with Crippen LogP contribution in [0.2, 0.25) is 0 Å². The molecule has 0 unspecified atom stereocenters. The van der Waals surface area contributed by atoms with Gasteiger partial charge in [-0.3, -0.25) is 9.59 Å². The summed E-state index contributed by atoms with van der Waals surface area (Å²) >= 11 is 1.55. The average molecular weight is 285 g/mol. The number of amides is 2. The molecule has 0 spiro atoms. The summed E-state index contributed by atoms with van der Waals surface area (Å²) in [5.74, 6) is 0.167. The Labute approximate surface area is 119 Å². The van der Waals surface area contributed by atoms with Gasteiger partial charge in [-0.2, -0.15) is 0 Å². The minimum absolute atomic E-state index is 0.173. The van der Waals surface area contributed by atoms with E-state index in [4.69, 9.17) is 0 Å². The smallest absolute Gasteiger partial charge is 0.257 e. The van der Waals surface area contributed by atoms with Gasteiger partial charge in [0.05, 0.1) is 17.5 Å². The van der Waals surface area contributed by atoms with Crippen molar-refractivity contribution in [2.24, 2.45) is 0 Å². The summed E-state index contributed by atoms with van der Waals surface area (Å²) in [6.45, 7) is 1.43. The number of rotatable bonds is 2. The predicted molar refractivity (Wildman–Crippen MR) is 79.4 cm³/mol. The number of nitrogens with zero attached hydrogens (tertiary/aromatic N) is 1. The van der Waals surface area contributed by atoms with Crippen molar-refractivity contribution in [3.8, 4) is 0 Å². The monoisotopic (exact) mass is 285 g/mol. The van der Waals surface area contributed by atoms with E-state index in [2.05, 4.69) is 15.6 Å². The van der Waals surface area contributed by atoms with Gasteiger partial charge < -0.3 is 10.6 Å². The van der Waals surface area contributed by atoms with Gasteiger partial charge in [-0.1, -0.05) is 6.07 Å². The number of aromatic nitrogens is 1. The molecule has 0 atom stereocenters. The number of anilines is 2. The molecule has 2 N–H and O–H groups in total. The number of carbonyl (C=O) groups excluding carboxylic acids is 2. The van der Waals surface area contributed by atoms with Crippen molar-refractivity contribution in [3.63, 3.8) is 0 Å². The fraction of sp³-hybridized carbons (Fsp3) is 0.0714. The van der Waals surface area contributed by atoms with Crippen molar-refractivity contribution in [1.29, 1.82) is 0 Å². The minimum Gasteiger partial charge on any atom is -0.325 e. The molecular formula is C14H11N3O2S. The quantitative estimate of drug-likeness (QED) is 0.833. The van der Waals surface area contributed by atoms with Gasteiger partial charge in [0.15, 0.2) is 0 Å². The maximum Gasteiger partial charge on any atom is 0.257 e. The number of pyridine rings is 1. The molecule has 0 aliphatic carbocycles. The topological polar surface area (TPSA) is 71.1 Å². The van der Waals surface area contributed by atoms with Crippen molar-refractivity contribution in [3.05, 3.63) is 40.2 Å². The number of thiophene rings is 1. The van der Waals surface area contributed by atoms with Crippen LogP contribution in [0.5, 0.6) is 0 Å². The van der Waals surface area contributed by atoms with Gasteiger partial charge in [0.1, 0.15) is 5.82 Å². The molecular weight excluding hydrogens is 274 g/mol. The van der Waals surface area contributed by atoms with Crippen LogP contribution in [0, 0.1) is 0 Å². The molecule has 0 fully saturated rings. The second kappa shape index (κ2) is 4.90. The van der Waals surface area contributed by atoms with E-state index >= 15 is 0 Å². The first-order valence-electron chi connectivity index (χ1n) is 5.98. The van der Waals surface area contributed by atoms with Gasteiger partial charge in [0, 0.05) is 17.4 Å². The third-order valence-corrected chi connectivity index (χ3v) is 3.62. The molecule has 1 aliphatic rings. The summed E-state index contributed by atoms with van der Waals surface area (Å²) in [7, 11) is 0. The Balaban J connectivity index is 2.04. The third kappa shape index (κ3) is 2.33. The highest BCUT2D eigenvalue weighted by molar-refractivity contribution is 7.11. The fourth-order valence-electron chi connectivity index (χ4n) is 2.00. The summed E-state index contributed by atoms with van der Waals surface area (Å²) in [6, 6.07) is 5.62. The zero-order valence-electron chi connectivity index (χ0n) is 10.6. The van der Waals surface area contributed by atoms with Crippen LogP contribution in [0.3, 0.4) is 0 Å². The minimum atomic E-state index is -0.180. The summed E-state index contributed by atoms with van der Waals surface area (Å²) in [5.41, 5.74) is 1.83. The van der Waals surface area contributed by atoms with E-state index in [-0.39, 0.29) is 11.8 Å². The maximum atomic E-state index is 12.0. The summed E-state index contributed by atoms with van der Waals surface area (Å²) in [4.78, 5) is 28.2. The van der Waals surface area contributed by atoms with Crippen molar-refractivity contribution < 1.29 is 9.59 Å². The summed E-state index contributed by atoms with van der Waals surface area (Å²) in [5, 5.41) is 7.33. The SMILES string of the molecule is CC(=O)Nc1cnc2c(c1)C(=Cc1cccs1)C(=O)N2. The summed E-state index contributed by atoms with van der Waals surface area (Å²) < 4.78 is 0. The molecule has 0 radical (unpaired) electrons. The largest absolute Gasteiger partial charge is 0.325 e. The Morgan fingerprint density at radius 3 is 3.05 bits per heavy atom. The Hall–Kier alpha value is -2.47. The number of fused-ring (bicyclic) bond motifs is 1. The number of hydrogen-bond donors (Lipinski definition) is 2. The predicted octanol–water partition coefficient (Wildman–Crippen LogP) is 2.59. The molecule has 0 saturated heterocycles. The number of nitrogens with one attached hydrogen (secondary N) is 2. The van der Waals surface area contributed by atoms with Crippen LogP contribution < -0.4 is 10.6 Å². The first-order valence-corrected chi connectivity index (χ1v) is 6.86. The van der Waals surface area contributed by atoms with E-state index < -0.39 is 0 Å². The molecule has 20 heavy (non-hydrogen) atoms. The van der Waals surface area contributed by atoms with E-state index in [0.29, 0.717) is 22.6 Å². The highest BCUT2D eigenvalue weighted by Crippen LogP contribution is 2.33. The second-order valence-corrected chi connectivity index (χ2v) is 5.31. The Bertz CT molecular complexity index is 720. The van der Waals surface area contributed by atoms with Gasteiger partial charge in [-0.25, -0.2) is 4.98 Å². The van der Waals surface area contributed by atoms with Gasteiger partial charge >= 0.3 is 0 Å². The van der Waals surface area contributed by atoms with Crippen LogP contribution in [0.25, 0.3) is 11.6 Å². The lowest BCUT2D eigenvalue weighted by molar-refractivity contribution is -0.114. The molecule has 6 heteroatoms. The zero-order chi connectivity index (χ0) is 14.1. The van der Waals surface area contributed by atoms with Crippen molar-refractivity contribution in [2.75, 3.05) is 10.6 Å². The maximum absolute atomic E-state index is 12.0. The Morgan fingerprint density at radius 1 is 1.50 bits per heavy atom. The van der Waals surface area contributed by atoms with E-state index in [1.165, 1.54) is 13.1 Å². The molecule has 1 aliphatic heterocycles. The van der Waals surface area contributed by atoms with Crippen LogP contribution in [0.1, 0.15) is 17.4 Å². The lowest BCUT2D eigenvalue weighted by Gasteiger charge is -2.03. The number of hydrogen-bond acceptors (Lipinski definition) is 4. The van der Waals surface area contributed by atoms with Crippen LogP contribution in [-0.4, -0.2) is 16.8 Å². The lowest BCUT2D eigenvalue weighted by atomic mass is 10.1. The van der Waals surface area contributed by atoms with Crippen LogP contribution in [0.4, 0.5) is 11.5 Å². The van der Waals surface area contributed by atoms with Gasteiger partial charge in [-0.15, -0.1) is 11.3 Å². The normalized spacial score (nSPS) is 15.1. The van der Waals surface area contributed by atoms with Crippen molar-refractivity contribution >= 4 is 46.3 Å². The highest BCUT2D eigenvalue weighted by Gasteiger charge is 2.25. The average Bonchev–Trinajstić information content (AvgIpc) is 2.99. The third-order valence-electron chi connectivity index (χ3n) is 2.80. The Kier molecular flexibility index (Phi) is 3.08. The zero-order valence-corrected chi connectivity index (χ0v) is 11.5. The van der Waals surface area contributed by atoms with Gasteiger partial charge in [-0.05, 0) is 23.6 Å². The molecule has 100 valence electrons. The van der Waals surface area contributed by atoms with E-state index in [0.717, 1.165) is 4.88 Å². The first kappa shape index (κ1) is 12.6. The lowest BCUT2D eigenvalue weighted by Crippen LogP contribution is -2.06. The fourth-order valence-corrected chi connectivity index (χ4v) is 2.65. The summed E-state index contributed by atoms with van der Waals surface area (Å²) in [6.07, 6.45) is 3.35. The van der Waals surface area contributed by atoms with E-state index in [1.54, 1.807) is 17.4 Å². The van der Waals surface area contributed by atoms with Crippen LogP contribution >= 0.6 is 11.3 Å². The van der Waals surface area contributed by atoms with Crippen LogP contribution in [-0.2, 0) is 9.59 Å². The standard InChI is InChI=1S/C14H11N3O2S/c1-8(18)16-9-5-11-12(6-10-3-2-4-20-10)14(19)17-13(11)15-7-9/h2-7H,1H3,(H,16,18)(H,15,17,19). The molecule has 2 amide bonds. The van der Waals surface area contributed by atoms with Crippen molar-refractivity contribution in [2.45, 2.75) is 6.92 Å². The number of carbonyl (C=O) groups is 2. The molecule has 2 aromatic heterocycles. The van der Waals surface area contributed by atoms with Crippen LogP contribution in [0.15, 0.2) is 29.8 Å². The Morgan fingerprint density at radius 2 is 2.35 bits per heavy atom. The molecule has 0 aromatic carbocycles. The van der Waals surface area contributed by atoms with Gasteiger partial charge in [0.2, 0.25) is 5.91 Å². The van der Waals surface area contributed by atoms with Gasteiger partial charge in [0.25, 0.3) is 5.91 Å². The molecule has 0 saturated carbocycles. The first-order chi connectivity index (χ1) is 9.63. The van der Waals surface area contributed by atoms with E-state index in [1.807, 2.05) is 23.6 Å². The molecule has 3 heterocycles. The molecule has 3 rings (SSSR count). The molecule has 0 bridgehead atoms. The molecule has 2 aromatic rings. The second-order valence-electron chi connectivity index (χ2n) is 4.33. The van der Waals surface area contributed by atoms with E-state index in [9.17, 15) is 9.59 Å².